The van der Waals surface area contributed by atoms with Gasteiger partial charge in [-0.2, -0.15) is 0 Å². The summed E-state index contributed by atoms with van der Waals surface area (Å²) in [5, 5.41) is 0. The smallest absolute Gasteiger partial charge is 0.306 e. The molecule has 0 N–H and O–H groups in total. The number of ether oxygens (including phenoxy) is 2. The number of carbonyl (C=O) groups is 1. The van der Waals surface area contributed by atoms with Crippen LogP contribution < -0.4 is 4.89 Å². The van der Waals surface area contributed by atoms with Crippen molar-refractivity contribution in [2.75, 3.05) is 47.5 Å². The topological polar surface area (TPSA) is 94.1 Å². The van der Waals surface area contributed by atoms with Gasteiger partial charge in [-0.15, -0.1) is 0 Å². The number of phosphoric acid groups is 1. The lowest BCUT2D eigenvalue weighted by atomic mass is 10.0. The van der Waals surface area contributed by atoms with Gasteiger partial charge in [0.05, 0.1) is 34.0 Å². The number of unbranched alkanes of at least 4 members (excludes halogenated alkanes) is 20. The molecule has 0 aromatic carbocycles. The summed E-state index contributed by atoms with van der Waals surface area (Å²) < 4.78 is 34.3. The maximum absolute atomic E-state index is 12.7. The second-order valence-electron chi connectivity index (χ2n) is 16.5. The summed E-state index contributed by atoms with van der Waals surface area (Å²) in [6.07, 6.45) is 51.8. The van der Waals surface area contributed by atoms with Gasteiger partial charge in [0.15, 0.2) is 6.10 Å². The van der Waals surface area contributed by atoms with E-state index in [1.807, 2.05) is 27.2 Å². The Morgan fingerprint density at radius 1 is 0.561 bits per heavy atom. The van der Waals surface area contributed by atoms with Crippen LogP contribution in [-0.4, -0.2) is 64.1 Å². The van der Waals surface area contributed by atoms with Gasteiger partial charge in [-0.3, -0.25) is 9.36 Å². The number of carbonyl (C=O) groups excluding carboxylic acids is 1. The summed E-state index contributed by atoms with van der Waals surface area (Å²) in [6, 6.07) is 0. The van der Waals surface area contributed by atoms with Crippen molar-refractivity contribution < 1.29 is 37.3 Å². The number of quaternary nitrogens is 1. The molecular formula is C48H88NO7P. The third kappa shape index (κ3) is 45.0. The van der Waals surface area contributed by atoms with E-state index in [1.165, 1.54) is 109 Å². The van der Waals surface area contributed by atoms with Gasteiger partial charge in [0, 0.05) is 6.42 Å². The molecule has 2 unspecified atom stereocenters. The van der Waals surface area contributed by atoms with Crippen molar-refractivity contribution in [2.24, 2.45) is 0 Å². The maximum atomic E-state index is 12.7. The van der Waals surface area contributed by atoms with Crippen molar-refractivity contribution in [3.05, 3.63) is 60.9 Å². The average Bonchev–Trinajstić information content (AvgIpc) is 3.16. The Morgan fingerprint density at radius 2 is 0.982 bits per heavy atom. The second kappa shape index (κ2) is 40.8. The zero-order valence-corrected chi connectivity index (χ0v) is 38.4. The van der Waals surface area contributed by atoms with Gasteiger partial charge in [0.25, 0.3) is 7.82 Å². The molecule has 0 radical (unpaired) electrons. The highest BCUT2D eigenvalue weighted by Gasteiger charge is 2.20. The number of nitrogens with zero attached hydrogens (tertiary/aromatic N) is 1. The molecule has 0 aliphatic rings. The van der Waals surface area contributed by atoms with Crippen molar-refractivity contribution in [3.8, 4) is 0 Å². The lowest BCUT2D eigenvalue weighted by Gasteiger charge is -2.28. The Bertz CT molecular complexity index is 1090. The van der Waals surface area contributed by atoms with Crippen LogP contribution in [0.3, 0.4) is 0 Å². The van der Waals surface area contributed by atoms with Crippen molar-refractivity contribution in [1.82, 2.24) is 0 Å². The fourth-order valence-corrected chi connectivity index (χ4v) is 6.75. The van der Waals surface area contributed by atoms with E-state index in [0.29, 0.717) is 17.4 Å². The zero-order chi connectivity index (χ0) is 42.0. The zero-order valence-electron chi connectivity index (χ0n) is 37.5. The molecule has 0 aliphatic carbocycles. The quantitative estimate of drug-likeness (QED) is 0.0151. The monoisotopic (exact) mass is 822 g/mol. The lowest BCUT2D eigenvalue weighted by molar-refractivity contribution is -0.870. The summed E-state index contributed by atoms with van der Waals surface area (Å²) in [4.78, 5) is 25.0. The van der Waals surface area contributed by atoms with E-state index < -0.39 is 13.9 Å². The van der Waals surface area contributed by atoms with E-state index >= 15 is 0 Å². The third-order valence-corrected chi connectivity index (χ3v) is 10.6. The normalized spacial score (nSPS) is 14.2. The van der Waals surface area contributed by atoms with E-state index in [-0.39, 0.29) is 32.2 Å². The largest absolute Gasteiger partial charge is 0.756 e. The minimum absolute atomic E-state index is 0.00588. The molecular weight excluding hydrogens is 734 g/mol. The van der Waals surface area contributed by atoms with Gasteiger partial charge in [-0.25, -0.2) is 0 Å². The first-order valence-corrected chi connectivity index (χ1v) is 24.5. The summed E-state index contributed by atoms with van der Waals surface area (Å²) in [5.41, 5.74) is 0. The number of allylic oxidation sites excluding steroid dienone is 9. The van der Waals surface area contributed by atoms with E-state index in [4.69, 9.17) is 18.5 Å². The van der Waals surface area contributed by atoms with Crippen LogP contribution in [0.5, 0.6) is 0 Å². The van der Waals surface area contributed by atoms with Crippen LogP contribution in [0.2, 0.25) is 0 Å². The molecule has 2 atom stereocenters. The highest BCUT2D eigenvalue weighted by Crippen LogP contribution is 2.38. The van der Waals surface area contributed by atoms with E-state index in [9.17, 15) is 14.3 Å². The van der Waals surface area contributed by atoms with Crippen LogP contribution in [0.25, 0.3) is 0 Å². The van der Waals surface area contributed by atoms with Gasteiger partial charge < -0.3 is 27.9 Å². The summed E-state index contributed by atoms with van der Waals surface area (Å²) in [7, 11) is 1.30. The van der Waals surface area contributed by atoms with E-state index in [1.54, 1.807) is 6.26 Å². The molecule has 0 spiro atoms. The molecule has 9 heteroatoms. The Morgan fingerprint density at radius 3 is 1.49 bits per heavy atom. The first-order valence-electron chi connectivity index (χ1n) is 23.1. The summed E-state index contributed by atoms with van der Waals surface area (Å²) >= 11 is 0. The molecule has 0 heterocycles. The third-order valence-electron chi connectivity index (χ3n) is 9.64. The van der Waals surface area contributed by atoms with Crippen molar-refractivity contribution >= 4 is 13.8 Å². The van der Waals surface area contributed by atoms with Crippen molar-refractivity contribution in [3.63, 3.8) is 0 Å². The number of rotatable bonds is 42. The molecule has 0 bridgehead atoms. The van der Waals surface area contributed by atoms with Gasteiger partial charge in [-0.05, 0) is 70.3 Å². The van der Waals surface area contributed by atoms with Gasteiger partial charge in [0.2, 0.25) is 0 Å². The van der Waals surface area contributed by atoms with Gasteiger partial charge in [0.1, 0.15) is 19.8 Å². The SMILES string of the molecule is CCCCCC=CCC=CCC=CCC=CCCCCCC(=O)OC(COC=CCCCCCCCCCCCCCCCC)COP(=O)([O-])OCC[N+](C)(C)C. The van der Waals surface area contributed by atoms with Crippen molar-refractivity contribution in [1.29, 1.82) is 0 Å². The Kier molecular flexibility index (Phi) is 39.4. The van der Waals surface area contributed by atoms with Crippen LogP contribution in [-0.2, 0) is 27.9 Å². The Balaban J connectivity index is 4.34. The Hall–Kier alpha value is -1.96. The molecule has 0 aromatic heterocycles. The van der Waals surface area contributed by atoms with Gasteiger partial charge >= 0.3 is 5.97 Å². The average molecular weight is 822 g/mol. The molecule has 332 valence electrons. The van der Waals surface area contributed by atoms with Crippen LogP contribution in [0.15, 0.2) is 60.9 Å². The molecule has 0 rings (SSSR count). The van der Waals surface area contributed by atoms with Crippen molar-refractivity contribution in [2.45, 2.75) is 193 Å². The van der Waals surface area contributed by atoms with Crippen LogP contribution in [0.4, 0.5) is 0 Å². The second-order valence-corrected chi connectivity index (χ2v) is 17.9. The first kappa shape index (κ1) is 55.0. The van der Waals surface area contributed by atoms with E-state index in [0.717, 1.165) is 51.4 Å². The molecule has 0 saturated carbocycles. The lowest BCUT2D eigenvalue weighted by Crippen LogP contribution is -2.37. The minimum Gasteiger partial charge on any atom is -0.756 e. The predicted octanol–water partition coefficient (Wildman–Crippen LogP) is 13.4. The molecule has 0 amide bonds. The summed E-state index contributed by atoms with van der Waals surface area (Å²) in [6.45, 7) is 4.67. The molecule has 0 aromatic rings. The van der Waals surface area contributed by atoms with Crippen LogP contribution in [0.1, 0.15) is 187 Å². The Labute approximate surface area is 351 Å². The maximum Gasteiger partial charge on any atom is 0.306 e. The summed E-state index contributed by atoms with van der Waals surface area (Å²) in [5.74, 6) is -0.386. The van der Waals surface area contributed by atoms with Gasteiger partial charge in [-0.1, -0.05) is 165 Å². The standard InChI is InChI=1S/C48H88NO7P/c1-6-8-10-12-14-16-18-20-22-24-25-26-27-29-31-33-35-37-39-41-48(50)56-47(46-55-57(51,52)54-44-42-49(3,4)5)45-53-43-40-38-36-34-32-30-28-23-21-19-17-15-13-11-9-7-2/h14,16,20,22,25-26,29,31,40,43,47H,6-13,15,17-19,21,23-24,27-28,30,32-39,41-42,44-46H2,1-5H3. The van der Waals surface area contributed by atoms with Crippen LogP contribution >= 0.6 is 7.82 Å². The highest BCUT2D eigenvalue weighted by atomic mass is 31.2. The number of hydrogen-bond acceptors (Lipinski definition) is 7. The highest BCUT2D eigenvalue weighted by molar-refractivity contribution is 7.45. The number of hydrogen-bond donors (Lipinski definition) is 0. The van der Waals surface area contributed by atoms with E-state index in [2.05, 4.69) is 62.5 Å². The fourth-order valence-electron chi connectivity index (χ4n) is 6.02. The molecule has 57 heavy (non-hydrogen) atoms. The number of esters is 1. The van der Waals surface area contributed by atoms with Crippen LogP contribution in [0, 0.1) is 0 Å². The molecule has 0 saturated heterocycles. The first-order chi connectivity index (χ1) is 27.6. The number of likely N-dealkylation sites (N-methyl/N-ethyl adjacent to an activating group) is 1. The fraction of sp³-hybridized carbons (Fsp3) is 0.771. The minimum atomic E-state index is -4.55. The number of phosphoric ester groups is 1. The molecule has 0 fully saturated rings. The molecule has 0 aliphatic heterocycles. The molecule has 8 nitrogen and oxygen atoms in total. The predicted molar refractivity (Wildman–Crippen MR) is 240 cm³/mol.